The van der Waals surface area contributed by atoms with Crippen LogP contribution in [0.3, 0.4) is 0 Å². The van der Waals surface area contributed by atoms with Crippen LogP contribution in [0.1, 0.15) is 17.5 Å². The minimum atomic E-state index is -4.37. The number of anilines is 1. The number of hydrogen-bond donors (Lipinski definition) is 0. The van der Waals surface area contributed by atoms with Gasteiger partial charge in [-0.15, -0.1) is 0 Å². The Morgan fingerprint density at radius 3 is 2.33 bits per heavy atom. The van der Waals surface area contributed by atoms with E-state index in [0.717, 1.165) is 35.5 Å². The second kappa shape index (κ2) is 6.68. The van der Waals surface area contributed by atoms with Crippen LogP contribution in [0.2, 0.25) is 0 Å². The van der Waals surface area contributed by atoms with E-state index in [1.807, 2.05) is 23.3 Å². The largest absolute Gasteiger partial charge is 0.416 e. The molecule has 138 valence electrons. The van der Waals surface area contributed by atoms with Gasteiger partial charge in [0.25, 0.3) is 0 Å². The van der Waals surface area contributed by atoms with Gasteiger partial charge in [0.15, 0.2) is 0 Å². The van der Waals surface area contributed by atoms with Gasteiger partial charge in [-0.25, -0.2) is 4.39 Å². The van der Waals surface area contributed by atoms with Crippen molar-refractivity contribution in [2.45, 2.75) is 18.6 Å². The molecule has 4 rings (SSSR count). The number of rotatable bonds is 2. The first-order valence-electron chi connectivity index (χ1n) is 8.56. The summed E-state index contributed by atoms with van der Waals surface area (Å²) in [6.45, 7) is 0.587. The zero-order valence-corrected chi connectivity index (χ0v) is 14.2. The van der Waals surface area contributed by atoms with Crippen LogP contribution in [-0.4, -0.2) is 18.3 Å². The van der Waals surface area contributed by atoms with Gasteiger partial charge in [0, 0.05) is 18.4 Å². The molecule has 1 atom stereocenters. The number of alkyl halides is 3. The number of fused-ring (bicyclic) bond motifs is 1. The number of nitrogens with zero attached hydrogens (tertiary/aromatic N) is 2. The predicted octanol–water partition coefficient (Wildman–Crippen LogP) is 5.37. The van der Waals surface area contributed by atoms with Crippen molar-refractivity contribution in [1.29, 1.82) is 0 Å². The SMILES string of the molecule is Fc1ccc(N2C=CC=C3CCN=C(c4ccc(C(F)(F)F)cc4)C32)cc1. The van der Waals surface area contributed by atoms with Crippen LogP contribution in [0.4, 0.5) is 23.2 Å². The highest BCUT2D eigenvalue weighted by Crippen LogP contribution is 2.33. The molecule has 0 bridgehead atoms. The molecule has 0 N–H and O–H groups in total. The number of allylic oxidation sites excluding steroid dienone is 2. The maximum Gasteiger partial charge on any atom is 0.416 e. The second-order valence-corrected chi connectivity index (χ2v) is 6.46. The molecule has 0 amide bonds. The zero-order valence-electron chi connectivity index (χ0n) is 14.2. The predicted molar refractivity (Wildman–Crippen MR) is 97.4 cm³/mol. The lowest BCUT2D eigenvalue weighted by Crippen LogP contribution is -2.43. The summed E-state index contributed by atoms with van der Waals surface area (Å²) in [5.41, 5.74) is 2.62. The molecule has 2 aromatic rings. The molecular formula is C21H16F4N2. The van der Waals surface area contributed by atoms with Gasteiger partial charge in [0.2, 0.25) is 0 Å². The van der Waals surface area contributed by atoms with Crippen molar-refractivity contribution in [2.24, 2.45) is 4.99 Å². The molecule has 0 aliphatic carbocycles. The number of benzene rings is 2. The Morgan fingerprint density at radius 2 is 1.67 bits per heavy atom. The standard InChI is InChI=1S/C21H16F4N2/c22-17-7-9-18(10-8-17)27-13-1-2-15-11-12-26-19(20(15)27)14-3-5-16(6-4-14)21(23,24)25/h1-10,13,20H,11-12H2. The Labute approximate surface area is 154 Å². The average Bonchev–Trinajstić information content (AvgIpc) is 2.67. The third kappa shape index (κ3) is 3.39. The van der Waals surface area contributed by atoms with Crippen molar-refractivity contribution in [3.05, 3.63) is 89.4 Å². The summed E-state index contributed by atoms with van der Waals surface area (Å²) < 4.78 is 51.9. The van der Waals surface area contributed by atoms with Gasteiger partial charge in [-0.1, -0.05) is 18.2 Å². The van der Waals surface area contributed by atoms with E-state index in [9.17, 15) is 17.6 Å². The van der Waals surface area contributed by atoms with Crippen molar-refractivity contribution in [1.82, 2.24) is 0 Å². The van der Waals surface area contributed by atoms with E-state index in [0.29, 0.717) is 12.1 Å². The molecule has 2 aromatic carbocycles. The van der Waals surface area contributed by atoms with Crippen molar-refractivity contribution >= 4 is 11.4 Å². The first-order chi connectivity index (χ1) is 12.9. The molecular weight excluding hydrogens is 356 g/mol. The molecule has 2 nitrogen and oxygen atoms in total. The summed E-state index contributed by atoms with van der Waals surface area (Å²) in [6.07, 6.45) is 2.23. The summed E-state index contributed by atoms with van der Waals surface area (Å²) in [6, 6.07) is 11.0. The molecule has 6 heteroatoms. The highest BCUT2D eigenvalue weighted by atomic mass is 19.4. The lowest BCUT2D eigenvalue weighted by molar-refractivity contribution is -0.137. The zero-order chi connectivity index (χ0) is 19.0. The fourth-order valence-electron chi connectivity index (χ4n) is 3.46. The molecule has 2 aliphatic rings. The smallest absolute Gasteiger partial charge is 0.335 e. The Bertz CT molecular complexity index is 922. The minimum Gasteiger partial charge on any atom is -0.335 e. The van der Waals surface area contributed by atoms with Crippen LogP contribution >= 0.6 is 0 Å². The van der Waals surface area contributed by atoms with E-state index in [1.165, 1.54) is 24.3 Å². The van der Waals surface area contributed by atoms with Gasteiger partial charge in [-0.2, -0.15) is 13.2 Å². The topological polar surface area (TPSA) is 15.6 Å². The highest BCUT2D eigenvalue weighted by molar-refractivity contribution is 6.09. The van der Waals surface area contributed by atoms with Crippen LogP contribution in [0.15, 0.2) is 77.4 Å². The monoisotopic (exact) mass is 372 g/mol. The van der Waals surface area contributed by atoms with Crippen molar-refractivity contribution in [3.63, 3.8) is 0 Å². The lowest BCUT2D eigenvalue weighted by Gasteiger charge is -2.38. The molecule has 27 heavy (non-hydrogen) atoms. The Balaban J connectivity index is 1.72. The second-order valence-electron chi connectivity index (χ2n) is 6.46. The summed E-state index contributed by atoms with van der Waals surface area (Å²) in [7, 11) is 0. The van der Waals surface area contributed by atoms with Crippen molar-refractivity contribution in [2.75, 3.05) is 11.4 Å². The first kappa shape index (κ1) is 17.5. The van der Waals surface area contributed by atoms with Gasteiger partial charge in [-0.3, -0.25) is 4.99 Å². The normalized spacial score (nSPS) is 19.4. The fourth-order valence-corrected chi connectivity index (χ4v) is 3.46. The Morgan fingerprint density at radius 1 is 0.963 bits per heavy atom. The average molecular weight is 372 g/mol. The molecule has 0 radical (unpaired) electrons. The van der Waals surface area contributed by atoms with Gasteiger partial charge < -0.3 is 4.90 Å². The highest BCUT2D eigenvalue weighted by Gasteiger charge is 2.33. The molecule has 0 spiro atoms. The van der Waals surface area contributed by atoms with Crippen LogP contribution < -0.4 is 4.90 Å². The van der Waals surface area contributed by atoms with Gasteiger partial charge in [0.05, 0.1) is 17.3 Å². The van der Waals surface area contributed by atoms with E-state index in [1.54, 1.807) is 12.1 Å². The molecule has 1 unspecified atom stereocenters. The molecule has 0 saturated heterocycles. The number of halogens is 4. The molecule has 2 heterocycles. The Kier molecular flexibility index (Phi) is 4.34. The maximum absolute atomic E-state index is 13.3. The van der Waals surface area contributed by atoms with Crippen LogP contribution in [-0.2, 0) is 6.18 Å². The molecule has 0 saturated carbocycles. The van der Waals surface area contributed by atoms with Crippen LogP contribution in [0.5, 0.6) is 0 Å². The van der Waals surface area contributed by atoms with Gasteiger partial charge in [-0.05, 0) is 60.0 Å². The van der Waals surface area contributed by atoms with Crippen LogP contribution in [0.25, 0.3) is 0 Å². The van der Waals surface area contributed by atoms with Crippen molar-refractivity contribution in [3.8, 4) is 0 Å². The van der Waals surface area contributed by atoms with Gasteiger partial charge in [0.1, 0.15) is 5.82 Å². The molecule has 0 aromatic heterocycles. The van der Waals surface area contributed by atoms with E-state index in [-0.39, 0.29) is 11.9 Å². The van der Waals surface area contributed by atoms with E-state index < -0.39 is 11.7 Å². The van der Waals surface area contributed by atoms with Gasteiger partial charge >= 0.3 is 6.18 Å². The van der Waals surface area contributed by atoms with Crippen molar-refractivity contribution < 1.29 is 17.6 Å². The summed E-state index contributed by atoms with van der Waals surface area (Å²) in [5, 5.41) is 0. The third-order valence-corrected chi connectivity index (χ3v) is 4.76. The summed E-state index contributed by atoms with van der Waals surface area (Å²) >= 11 is 0. The van der Waals surface area contributed by atoms with E-state index >= 15 is 0 Å². The maximum atomic E-state index is 13.3. The number of aliphatic imine (C=N–C) groups is 1. The minimum absolute atomic E-state index is 0.217. The quantitative estimate of drug-likeness (QED) is 0.648. The first-order valence-corrected chi connectivity index (χ1v) is 8.56. The fraction of sp³-hybridized carbons (Fsp3) is 0.190. The third-order valence-electron chi connectivity index (χ3n) is 4.76. The molecule has 0 fully saturated rings. The molecule has 2 aliphatic heterocycles. The van der Waals surface area contributed by atoms with E-state index in [2.05, 4.69) is 4.99 Å². The van der Waals surface area contributed by atoms with Crippen LogP contribution in [0, 0.1) is 5.82 Å². The van der Waals surface area contributed by atoms with E-state index in [4.69, 9.17) is 0 Å². The summed E-state index contributed by atoms with van der Waals surface area (Å²) in [5.74, 6) is -0.323. The number of hydrogen-bond acceptors (Lipinski definition) is 2. The lowest BCUT2D eigenvalue weighted by atomic mass is 9.88. The summed E-state index contributed by atoms with van der Waals surface area (Å²) in [4.78, 5) is 6.59. The Hall–Kier alpha value is -2.89.